The number of para-hydroxylation sites is 1. The fourth-order valence-electron chi connectivity index (χ4n) is 1.75. The van der Waals surface area contributed by atoms with E-state index in [0.717, 1.165) is 14.8 Å². The minimum Gasteiger partial charge on any atom is -0.493 e. The Morgan fingerprint density at radius 2 is 2.09 bits per heavy atom. The van der Waals surface area contributed by atoms with Gasteiger partial charge in [-0.25, -0.2) is 0 Å². The number of methoxy groups -OCH3 is 1. The quantitative estimate of drug-likeness (QED) is 0.451. The maximum Gasteiger partial charge on any atom is 0.176 e. The molecule has 0 amide bonds. The molecule has 0 radical (unpaired) electrons. The lowest BCUT2D eigenvalue weighted by Gasteiger charge is -2.11. The molecule has 0 aromatic heterocycles. The van der Waals surface area contributed by atoms with Gasteiger partial charge in [0.1, 0.15) is 6.07 Å². The Balaban J connectivity index is 2.15. The standard InChI is InChI=1S/C16H14IN3O2/c1-21-15-10-12(9-14(17)16(15)22-8-7-18)11-19-20-13-5-3-2-4-6-13/h2-6,9-11,20H,8H2,1H3/b19-11-. The van der Waals surface area contributed by atoms with E-state index >= 15 is 0 Å². The first-order valence-corrected chi connectivity index (χ1v) is 7.54. The summed E-state index contributed by atoms with van der Waals surface area (Å²) in [6, 6.07) is 15.3. The molecule has 2 aromatic rings. The highest BCUT2D eigenvalue weighted by atomic mass is 127. The molecule has 5 nitrogen and oxygen atoms in total. The van der Waals surface area contributed by atoms with Crippen LogP contribution in [-0.4, -0.2) is 19.9 Å². The predicted molar refractivity (Wildman–Crippen MR) is 94.5 cm³/mol. The predicted octanol–water partition coefficient (Wildman–Crippen LogP) is 3.65. The second-order valence-corrected chi connectivity index (χ2v) is 5.38. The van der Waals surface area contributed by atoms with Crippen LogP contribution in [0.25, 0.3) is 0 Å². The molecule has 0 bridgehead atoms. The topological polar surface area (TPSA) is 66.6 Å². The maximum absolute atomic E-state index is 8.61. The number of hydrogen-bond donors (Lipinski definition) is 1. The van der Waals surface area contributed by atoms with Gasteiger partial charge in [0.25, 0.3) is 0 Å². The van der Waals surface area contributed by atoms with Crippen molar-refractivity contribution in [2.24, 2.45) is 5.10 Å². The molecule has 112 valence electrons. The van der Waals surface area contributed by atoms with Gasteiger partial charge >= 0.3 is 0 Å². The van der Waals surface area contributed by atoms with Gasteiger partial charge in [-0.15, -0.1) is 0 Å². The minimum atomic E-state index is -0.0185. The van der Waals surface area contributed by atoms with Crippen molar-refractivity contribution in [3.8, 4) is 17.6 Å². The van der Waals surface area contributed by atoms with Crippen LogP contribution in [0.3, 0.4) is 0 Å². The molecule has 1 N–H and O–H groups in total. The number of ether oxygens (including phenoxy) is 2. The van der Waals surface area contributed by atoms with Crippen molar-refractivity contribution in [1.29, 1.82) is 5.26 Å². The lowest BCUT2D eigenvalue weighted by molar-refractivity contribution is 0.327. The number of nitrogens with zero attached hydrogens (tertiary/aromatic N) is 2. The lowest BCUT2D eigenvalue weighted by Crippen LogP contribution is -2.00. The second kappa shape index (κ2) is 8.24. The van der Waals surface area contributed by atoms with Crippen molar-refractivity contribution in [1.82, 2.24) is 0 Å². The summed E-state index contributed by atoms with van der Waals surface area (Å²) in [5.74, 6) is 1.14. The van der Waals surface area contributed by atoms with Crippen molar-refractivity contribution in [2.45, 2.75) is 0 Å². The number of hydrogen-bond acceptors (Lipinski definition) is 5. The van der Waals surface area contributed by atoms with E-state index in [1.165, 1.54) is 0 Å². The molecule has 0 aliphatic carbocycles. The van der Waals surface area contributed by atoms with E-state index in [4.69, 9.17) is 14.7 Å². The van der Waals surface area contributed by atoms with Crippen LogP contribution >= 0.6 is 22.6 Å². The second-order valence-electron chi connectivity index (χ2n) is 4.22. The van der Waals surface area contributed by atoms with Crippen LogP contribution < -0.4 is 14.9 Å². The van der Waals surface area contributed by atoms with Gasteiger partial charge in [-0.3, -0.25) is 5.43 Å². The molecule has 0 heterocycles. The maximum atomic E-state index is 8.61. The Morgan fingerprint density at radius 1 is 1.32 bits per heavy atom. The lowest BCUT2D eigenvalue weighted by atomic mass is 10.2. The summed E-state index contributed by atoms with van der Waals surface area (Å²) in [4.78, 5) is 0. The zero-order chi connectivity index (χ0) is 15.8. The minimum absolute atomic E-state index is 0.0185. The first-order chi connectivity index (χ1) is 10.7. The van der Waals surface area contributed by atoms with Crippen LogP contribution in [0.1, 0.15) is 5.56 Å². The van der Waals surface area contributed by atoms with Crippen molar-refractivity contribution >= 4 is 34.5 Å². The van der Waals surface area contributed by atoms with Crippen LogP contribution in [0, 0.1) is 14.9 Å². The van der Waals surface area contributed by atoms with Gasteiger partial charge < -0.3 is 9.47 Å². The highest BCUT2D eigenvalue weighted by molar-refractivity contribution is 14.1. The zero-order valence-electron chi connectivity index (χ0n) is 11.9. The molecule has 0 aliphatic heterocycles. The third kappa shape index (κ3) is 4.36. The summed E-state index contributed by atoms with van der Waals surface area (Å²) >= 11 is 2.14. The number of nitrogens with one attached hydrogen (secondary N) is 1. The normalized spacial score (nSPS) is 10.2. The summed E-state index contributed by atoms with van der Waals surface area (Å²) in [5, 5.41) is 12.8. The van der Waals surface area contributed by atoms with Crippen LogP contribution in [0.2, 0.25) is 0 Å². The monoisotopic (exact) mass is 407 g/mol. The Hall–Kier alpha value is -2.27. The van der Waals surface area contributed by atoms with E-state index in [0.29, 0.717) is 11.5 Å². The number of rotatable bonds is 6. The third-order valence-electron chi connectivity index (χ3n) is 2.71. The summed E-state index contributed by atoms with van der Waals surface area (Å²) in [6.07, 6.45) is 1.70. The molecular formula is C16H14IN3O2. The smallest absolute Gasteiger partial charge is 0.176 e. The van der Waals surface area contributed by atoms with Crippen LogP contribution in [0.5, 0.6) is 11.5 Å². The largest absolute Gasteiger partial charge is 0.493 e. The van der Waals surface area contributed by atoms with E-state index in [-0.39, 0.29) is 6.61 Å². The summed E-state index contributed by atoms with van der Waals surface area (Å²) in [5.41, 5.74) is 4.73. The summed E-state index contributed by atoms with van der Waals surface area (Å²) < 4.78 is 11.5. The molecule has 0 saturated heterocycles. The molecule has 6 heteroatoms. The zero-order valence-corrected chi connectivity index (χ0v) is 14.1. The summed E-state index contributed by atoms with van der Waals surface area (Å²) in [6.45, 7) is -0.0185. The fourth-order valence-corrected chi connectivity index (χ4v) is 2.53. The Morgan fingerprint density at radius 3 is 2.77 bits per heavy atom. The molecule has 2 aromatic carbocycles. The molecule has 0 unspecified atom stereocenters. The number of hydrazone groups is 1. The Bertz CT molecular complexity index is 697. The molecule has 0 saturated carbocycles. The Kier molecular flexibility index (Phi) is 6.03. The van der Waals surface area contributed by atoms with Gasteiger partial charge in [-0.05, 0) is 52.4 Å². The van der Waals surface area contributed by atoms with Gasteiger partial charge in [-0.2, -0.15) is 10.4 Å². The van der Waals surface area contributed by atoms with E-state index in [1.807, 2.05) is 48.5 Å². The number of nitriles is 1. The van der Waals surface area contributed by atoms with Gasteiger partial charge in [0.05, 0.1) is 22.6 Å². The van der Waals surface area contributed by atoms with Crippen molar-refractivity contribution < 1.29 is 9.47 Å². The molecule has 0 atom stereocenters. The van der Waals surface area contributed by atoms with Crippen molar-refractivity contribution in [2.75, 3.05) is 19.1 Å². The van der Waals surface area contributed by atoms with Gasteiger partial charge in [0.15, 0.2) is 18.1 Å². The number of anilines is 1. The molecule has 22 heavy (non-hydrogen) atoms. The van der Waals surface area contributed by atoms with E-state index < -0.39 is 0 Å². The van der Waals surface area contributed by atoms with Gasteiger partial charge in [0, 0.05) is 0 Å². The highest BCUT2D eigenvalue weighted by Crippen LogP contribution is 2.33. The number of benzene rings is 2. The van der Waals surface area contributed by atoms with E-state index in [1.54, 1.807) is 13.3 Å². The van der Waals surface area contributed by atoms with Crippen LogP contribution in [0.4, 0.5) is 5.69 Å². The third-order valence-corrected chi connectivity index (χ3v) is 3.52. The highest BCUT2D eigenvalue weighted by Gasteiger charge is 2.10. The van der Waals surface area contributed by atoms with E-state index in [2.05, 4.69) is 33.1 Å². The van der Waals surface area contributed by atoms with Crippen molar-refractivity contribution in [3.05, 3.63) is 51.6 Å². The molecule has 0 aliphatic rings. The molecular weight excluding hydrogens is 393 g/mol. The first-order valence-electron chi connectivity index (χ1n) is 6.46. The molecule has 2 rings (SSSR count). The average molecular weight is 407 g/mol. The fraction of sp³-hybridized carbons (Fsp3) is 0.125. The SMILES string of the molecule is COc1cc(/C=N\Nc2ccccc2)cc(I)c1OCC#N. The molecule has 0 fully saturated rings. The van der Waals surface area contributed by atoms with Crippen LogP contribution in [-0.2, 0) is 0 Å². The molecule has 0 spiro atoms. The van der Waals surface area contributed by atoms with Gasteiger partial charge in [-0.1, -0.05) is 18.2 Å². The number of halogens is 1. The van der Waals surface area contributed by atoms with Gasteiger partial charge in [0.2, 0.25) is 0 Å². The van der Waals surface area contributed by atoms with E-state index in [9.17, 15) is 0 Å². The Labute approximate surface area is 142 Å². The van der Waals surface area contributed by atoms with Crippen LogP contribution in [0.15, 0.2) is 47.6 Å². The summed E-state index contributed by atoms with van der Waals surface area (Å²) in [7, 11) is 1.56. The first kappa shape index (κ1) is 16.1. The van der Waals surface area contributed by atoms with Crippen molar-refractivity contribution in [3.63, 3.8) is 0 Å². The average Bonchev–Trinajstić information content (AvgIpc) is 2.54.